The molecule has 1 amide bonds. The summed E-state index contributed by atoms with van der Waals surface area (Å²) >= 11 is 0. The number of halogens is 1. The molecule has 2 aromatic rings. The van der Waals surface area contributed by atoms with Crippen LogP contribution in [0.4, 0.5) is 4.39 Å². The van der Waals surface area contributed by atoms with E-state index in [1.807, 2.05) is 23.1 Å². The van der Waals surface area contributed by atoms with Crippen LogP contribution < -0.4 is 5.32 Å². The van der Waals surface area contributed by atoms with Gasteiger partial charge in [-0.15, -0.1) is 0 Å². The van der Waals surface area contributed by atoms with Gasteiger partial charge < -0.3 is 10.2 Å². The Balaban J connectivity index is 1.35. The number of hydrogen-bond donors (Lipinski definition) is 1. The summed E-state index contributed by atoms with van der Waals surface area (Å²) in [5.41, 5.74) is 3.03. The zero-order valence-corrected chi connectivity index (χ0v) is 15.5. The maximum absolute atomic E-state index is 13.3. The molecule has 2 heterocycles. The number of nitrogens with one attached hydrogen (secondary N) is 1. The van der Waals surface area contributed by atoms with Crippen molar-refractivity contribution in [2.75, 3.05) is 39.3 Å². The molecule has 0 aliphatic carbocycles. The molecule has 0 bridgehead atoms. The lowest BCUT2D eigenvalue weighted by Gasteiger charge is -2.35. The molecule has 0 spiro atoms. The molecule has 2 aliphatic heterocycles. The fraction of sp³-hybridized carbons (Fsp3) is 0.409. The molecule has 2 aliphatic rings. The summed E-state index contributed by atoms with van der Waals surface area (Å²) < 4.78 is 13.3. The molecule has 142 valence electrons. The molecule has 0 radical (unpaired) electrons. The van der Waals surface area contributed by atoms with Crippen molar-refractivity contribution in [3.63, 3.8) is 0 Å². The molecule has 2 fully saturated rings. The topological polar surface area (TPSA) is 35.6 Å². The first kappa shape index (κ1) is 18.1. The second-order valence-corrected chi connectivity index (χ2v) is 7.51. The lowest BCUT2D eigenvalue weighted by molar-refractivity contribution is 0.0628. The van der Waals surface area contributed by atoms with E-state index in [-0.39, 0.29) is 11.7 Å². The molecule has 27 heavy (non-hydrogen) atoms. The molecule has 4 rings (SSSR count). The van der Waals surface area contributed by atoms with Crippen LogP contribution >= 0.6 is 0 Å². The minimum Gasteiger partial charge on any atom is -0.336 e. The van der Waals surface area contributed by atoms with Gasteiger partial charge in [0.25, 0.3) is 5.91 Å². The highest BCUT2D eigenvalue weighted by Gasteiger charge is 2.23. The minimum atomic E-state index is -0.196. The van der Waals surface area contributed by atoms with Crippen LogP contribution in [0.25, 0.3) is 0 Å². The Kier molecular flexibility index (Phi) is 5.50. The molecule has 4 nitrogen and oxygen atoms in total. The number of benzene rings is 2. The van der Waals surface area contributed by atoms with Crippen LogP contribution in [0.1, 0.15) is 33.8 Å². The smallest absolute Gasteiger partial charge is 0.253 e. The van der Waals surface area contributed by atoms with Gasteiger partial charge in [0.1, 0.15) is 5.82 Å². The third-order valence-electron chi connectivity index (χ3n) is 5.62. The van der Waals surface area contributed by atoms with Gasteiger partial charge in [-0.2, -0.15) is 0 Å². The molecule has 2 aromatic carbocycles. The zero-order chi connectivity index (χ0) is 18.6. The van der Waals surface area contributed by atoms with Crippen LogP contribution in [-0.2, 0) is 6.54 Å². The van der Waals surface area contributed by atoms with Crippen molar-refractivity contribution in [2.45, 2.75) is 18.9 Å². The van der Waals surface area contributed by atoms with Gasteiger partial charge in [-0.05, 0) is 54.3 Å². The van der Waals surface area contributed by atoms with Crippen LogP contribution in [0.3, 0.4) is 0 Å². The molecule has 5 heteroatoms. The van der Waals surface area contributed by atoms with Crippen LogP contribution in [0, 0.1) is 5.82 Å². The highest BCUT2D eigenvalue weighted by molar-refractivity contribution is 5.94. The average molecular weight is 367 g/mol. The number of nitrogens with zero attached hydrogens (tertiary/aromatic N) is 2. The van der Waals surface area contributed by atoms with E-state index < -0.39 is 0 Å². The SMILES string of the molecule is O=C(c1cccc([C@@H]2CCNC2)c1)N1CCN(Cc2cccc(F)c2)CC1. The number of rotatable bonds is 4. The molecule has 2 saturated heterocycles. The lowest BCUT2D eigenvalue weighted by atomic mass is 9.96. The molecular weight excluding hydrogens is 341 g/mol. The number of piperazine rings is 1. The third kappa shape index (κ3) is 4.37. The lowest BCUT2D eigenvalue weighted by Crippen LogP contribution is -2.48. The van der Waals surface area contributed by atoms with Crippen molar-refractivity contribution in [3.8, 4) is 0 Å². The summed E-state index contributed by atoms with van der Waals surface area (Å²) in [6, 6.07) is 14.9. The van der Waals surface area contributed by atoms with E-state index in [0.29, 0.717) is 19.0 Å². The number of amides is 1. The maximum Gasteiger partial charge on any atom is 0.253 e. The Morgan fingerprint density at radius 1 is 1.07 bits per heavy atom. The molecule has 0 saturated carbocycles. The first-order valence-corrected chi connectivity index (χ1v) is 9.76. The van der Waals surface area contributed by atoms with Crippen LogP contribution in [-0.4, -0.2) is 55.0 Å². The number of carbonyl (C=O) groups excluding carboxylic acids is 1. The van der Waals surface area contributed by atoms with E-state index in [9.17, 15) is 9.18 Å². The predicted molar refractivity (Wildman–Crippen MR) is 104 cm³/mol. The Morgan fingerprint density at radius 3 is 2.63 bits per heavy atom. The van der Waals surface area contributed by atoms with Gasteiger partial charge >= 0.3 is 0 Å². The van der Waals surface area contributed by atoms with Gasteiger partial charge in [-0.3, -0.25) is 9.69 Å². The molecular formula is C22H26FN3O. The van der Waals surface area contributed by atoms with Gasteiger partial charge in [0.15, 0.2) is 0 Å². The standard InChI is InChI=1S/C22H26FN3O/c23-21-6-1-3-17(13-21)16-25-9-11-26(12-10-25)22(27)19-5-2-4-18(14-19)20-7-8-24-15-20/h1-6,13-14,20,24H,7-12,15-16H2/t20-/m1/s1. The van der Waals surface area contributed by atoms with E-state index in [2.05, 4.69) is 22.3 Å². The third-order valence-corrected chi connectivity index (χ3v) is 5.62. The van der Waals surface area contributed by atoms with E-state index in [1.54, 1.807) is 12.1 Å². The Hall–Kier alpha value is -2.24. The normalized spacial score (nSPS) is 20.8. The van der Waals surface area contributed by atoms with E-state index in [1.165, 1.54) is 11.6 Å². The summed E-state index contributed by atoms with van der Waals surface area (Å²) in [5, 5.41) is 3.39. The number of carbonyl (C=O) groups is 1. The van der Waals surface area contributed by atoms with E-state index in [4.69, 9.17) is 0 Å². The minimum absolute atomic E-state index is 0.119. The van der Waals surface area contributed by atoms with Crippen LogP contribution in [0.2, 0.25) is 0 Å². The number of hydrogen-bond acceptors (Lipinski definition) is 3. The van der Waals surface area contributed by atoms with Crippen LogP contribution in [0.5, 0.6) is 0 Å². The summed E-state index contributed by atoms with van der Waals surface area (Å²) in [6.07, 6.45) is 1.14. The van der Waals surface area contributed by atoms with Gasteiger partial charge in [0, 0.05) is 44.8 Å². The Labute approximate surface area is 160 Å². The quantitative estimate of drug-likeness (QED) is 0.903. The van der Waals surface area contributed by atoms with Gasteiger partial charge in [0.2, 0.25) is 0 Å². The summed E-state index contributed by atoms with van der Waals surface area (Å²) in [4.78, 5) is 17.1. The van der Waals surface area contributed by atoms with Crippen molar-refractivity contribution in [2.24, 2.45) is 0 Å². The van der Waals surface area contributed by atoms with Crippen LogP contribution in [0.15, 0.2) is 48.5 Å². The second-order valence-electron chi connectivity index (χ2n) is 7.51. The fourth-order valence-electron chi connectivity index (χ4n) is 4.05. The Morgan fingerprint density at radius 2 is 1.89 bits per heavy atom. The van der Waals surface area contributed by atoms with Crippen molar-refractivity contribution in [1.82, 2.24) is 15.1 Å². The summed E-state index contributed by atoms with van der Waals surface area (Å²) in [7, 11) is 0. The second kappa shape index (κ2) is 8.19. The fourth-order valence-corrected chi connectivity index (χ4v) is 4.05. The first-order valence-electron chi connectivity index (χ1n) is 9.76. The van der Waals surface area contributed by atoms with Gasteiger partial charge in [-0.25, -0.2) is 4.39 Å². The molecule has 0 unspecified atom stereocenters. The van der Waals surface area contributed by atoms with E-state index >= 15 is 0 Å². The monoisotopic (exact) mass is 367 g/mol. The first-order chi connectivity index (χ1) is 13.2. The molecule has 1 atom stereocenters. The van der Waals surface area contributed by atoms with Crippen molar-refractivity contribution in [3.05, 3.63) is 71.0 Å². The molecule has 0 aromatic heterocycles. The van der Waals surface area contributed by atoms with Crippen molar-refractivity contribution >= 4 is 5.91 Å². The largest absolute Gasteiger partial charge is 0.336 e. The Bertz CT molecular complexity index is 796. The maximum atomic E-state index is 13.3. The predicted octanol–water partition coefficient (Wildman–Crippen LogP) is 2.86. The van der Waals surface area contributed by atoms with Crippen molar-refractivity contribution in [1.29, 1.82) is 0 Å². The van der Waals surface area contributed by atoms with E-state index in [0.717, 1.165) is 50.3 Å². The highest BCUT2D eigenvalue weighted by atomic mass is 19.1. The van der Waals surface area contributed by atoms with Gasteiger partial charge in [0.05, 0.1) is 0 Å². The molecule has 1 N–H and O–H groups in total. The zero-order valence-electron chi connectivity index (χ0n) is 15.5. The van der Waals surface area contributed by atoms with Crippen molar-refractivity contribution < 1.29 is 9.18 Å². The highest BCUT2D eigenvalue weighted by Crippen LogP contribution is 2.23. The summed E-state index contributed by atoms with van der Waals surface area (Å²) in [6.45, 7) is 5.83. The summed E-state index contributed by atoms with van der Waals surface area (Å²) in [5.74, 6) is 0.438. The van der Waals surface area contributed by atoms with Gasteiger partial charge in [-0.1, -0.05) is 24.3 Å². The average Bonchev–Trinajstić information content (AvgIpc) is 3.23.